The number of rotatable bonds is 0. The molecule has 2 rings (SSSR count). The molecule has 0 spiro atoms. The van der Waals surface area contributed by atoms with Crippen molar-refractivity contribution >= 4 is 0 Å². The van der Waals surface area contributed by atoms with E-state index in [2.05, 4.69) is 0 Å². The van der Waals surface area contributed by atoms with Gasteiger partial charge in [-0.05, 0) is 24.1 Å². The standard InChI is InChI=1S/C11H9F/c1-8-7-11(12)10-6-4-2-3-5-9(8)10/h2-7H,1H3. The zero-order valence-corrected chi connectivity index (χ0v) is 6.84. The van der Waals surface area contributed by atoms with E-state index in [0.29, 0.717) is 5.56 Å². The molecular formula is C11H9F. The van der Waals surface area contributed by atoms with Crippen molar-refractivity contribution in [2.45, 2.75) is 6.92 Å². The molecule has 0 bridgehead atoms. The Morgan fingerprint density at radius 2 is 1.67 bits per heavy atom. The van der Waals surface area contributed by atoms with Crippen molar-refractivity contribution in [3.8, 4) is 11.1 Å². The third-order valence-electron chi connectivity index (χ3n) is 2.06. The molecule has 0 saturated heterocycles. The molecule has 2 aliphatic rings. The second-order valence-electron chi connectivity index (χ2n) is 2.91. The highest BCUT2D eigenvalue weighted by Crippen LogP contribution is 2.29. The molecule has 0 unspecified atom stereocenters. The lowest BCUT2D eigenvalue weighted by Gasteiger charge is -1.92. The van der Waals surface area contributed by atoms with Crippen molar-refractivity contribution in [2.24, 2.45) is 0 Å². The number of hydrogen-bond donors (Lipinski definition) is 0. The van der Waals surface area contributed by atoms with Crippen LogP contribution in [0, 0.1) is 12.7 Å². The predicted octanol–water partition coefficient (Wildman–Crippen LogP) is 3.24. The van der Waals surface area contributed by atoms with E-state index >= 15 is 0 Å². The van der Waals surface area contributed by atoms with Gasteiger partial charge < -0.3 is 0 Å². The van der Waals surface area contributed by atoms with Gasteiger partial charge in [0.25, 0.3) is 0 Å². The van der Waals surface area contributed by atoms with Gasteiger partial charge in [-0.3, -0.25) is 0 Å². The lowest BCUT2D eigenvalue weighted by atomic mass is 10.1. The van der Waals surface area contributed by atoms with Gasteiger partial charge >= 0.3 is 0 Å². The quantitative estimate of drug-likeness (QED) is 0.555. The molecule has 0 amide bonds. The van der Waals surface area contributed by atoms with E-state index in [1.165, 1.54) is 0 Å². The van der Waals surface area contributed by atoms with Gasteiger partial charge in [0.1, 0.15) is 5.82 Å². The average Bonchev–Trinajstić information content (AvgIpc) is 2.29. The first-order valence-corrected chi connectivity index (χ1v) is 3.93. The van der Waals surface area contributed by atoms with Crippen LogP contribution < -0.4 is 0 Å². The third-order valence-corrected chi connectivity index (χ3v) is 2.06. The van der Waals surface area contributed by atoms with Gasteiger partial charge in [0.15, 0.2) is 0 Å². The fourth-order valence-electron chi connectivity index (χ4n) is 1.44. The topological polar surface area (TPSA) is 0 Å². The molecule has 0 saturated carbocycles. The second kappa shape index (κ2) is 2.59. The Hall–Kier alpha value is -1.37. The summed E-state index contributed by atoms with van der Waals surface area (Å²) in [7, 11) is 0. The van der Waals surface area contributed by atoms with Crippen molar-refractivity contribution in [2.75, 3.05) is 0 Å². The molecule has 0 fully saturated rings. The number of hydrogen-bond acceptors (Lipinski definition) is 0. The van der Waals surface area contributed by atoms with Crippen LogP contribution in [-0.4, -0.2) is 0 Å². The van der Waals surface area contributed by atoms with Crippen LogP contribution in [0.1, 0.15) is 5.56 Å². The van der Waals surface area contributed by atoms with Gasteiger partial charge in [-0.15, -0.1) is 0 Å². The molecule has 2 aliphatic carbocycles. The first-order valence-electron chi connectivity index (χ1n) is 3.93. The summed E-state index contributed by atoms with van der Waals surface area (Å²) in [4.78, 5) is 0. The SMILES string of the molecule is Cc1cc(F)c2cccccc1-2. The van der Waals surface area contributed by atoms with E-state index in [1.54, 1.807) is 12.1 Å². The van der Waals surface area contributed by atoms with Crippen LogP contribution in [0.15, 0.2) is 36.4 Å². The van der Waals surface area contributed by atoms with Crippen LogP contribution in [0.4, 0.5) is 4.39 Å². The first kappa shape index (κ1) is 7.29. The number of halogens is 1. The maximum atomic E-state index is 13.2. The minimum Gasteiger partial charge on any atom is -0.206 e. The smallest absolute Gasteiger partial charge is 0.131 e. The van der Waals surface area contributed by atoms with E-state index in [1.807, 2.05) is 31.2 Å². The molecule has 60 valence electrons. The third kappa shape index (κ3) is 0.981. The Morgan fingerprint density at radius 1 is 1.00 bits per heavy atom. The molecule has 0 aliphatic heterocycles. The number of aryl methyl sites for hydroxylation is 1. The van der Waals surface area contributed by atoms with E-state index in [-0.39, 0.29) is 5.82 Å². The van der Waals surface area contributed by atoms with Crippen LogP contribution in [-0.2, 0) is 0 Å². The zero-order chi connectivity index (χ0) is 8.55. The van der Waals surface area contributed by atoms with Gasteiger partial charge in [-0.1, -0.05) is 30.3 Å². The molecule has 0 atom stereocenters. The zero-order valence-electron chi connectivity index (χ0n) is 6.84. The molecule has 0 radical (unpaired) electrons. The van der Waals surface area contributed by atoms with Gasteiger partial charge in [-0.2, -0.15) is 0 Å². The molecule has 0 heterocycles. The van der Waals surface area contributed by atoms with Crippen LogP contribution in [0.25, 0.3) is 11.1 Å². The summed E-state index contributed by atoms with van der Waals surface area (Å²) < 4.78 is 13.2. The molecule has 0 aromatic heterocycles. The molecule has 1 heteroatoms. The minimum absolute atomic E-state index is 0.126. The van der Waals surface area contributed by atoms with Gasteiger partial charge in [0.2, 0.25) is 0 Å². The van der Waals surface area contributed by atoms with Crippen LogP contribution >= 0.6 is 0 Å². The Kier molecular flexibility index (Phi) is 1.58. The van der Waals surface area contributed by atoms with Gasteiger partial charge in [0.05, 0.1) is 0 Å². The monoisotopic (exact) mass is 160 g/mol. The van der Waals surface area contributed by atoms with Crippen molar-refractivity contribution in [1.82, 2.24) is 0 Å². The summed E-state index contributed by atoms with van der Waals surface area (Å²) in [6.45, 7) is 1.92. The van der Waals surface area contributed by atoms with Crippen molar-refractivity contribution in [1.29, 1.82) is 0 Å². The summed E-state index contributed by atoms with van der Waals surface area (Å²) in [5.41, 5.74) is 2.70. The highest BCUT2D eigenvalue weighted by molar-refractivity contribution is 5.70. The molecule has 0 aromatic rings. The van der Waals surface area contributed by atoms with Crippen LogP contribution in [0.3, 0.4) is 0 Å². The average molecular weight is 160 g/mol. The maximum absolute atomic E-state index is 13.2. The van der Waals surface area contributed by atoms with Gasteiger partial charge in [0, 0.05) is 5.56 Å². The Balaban J connectivity index is 2.79. The minimum atomic E-state index is -0.126. The highest BCUT2D eigenvalue weighted by atomic mass is 19.1. The van der Waals surface area contributed by atoms with Crippen molar-refractivity contribution in [3.63, 3.8) is 0 Å². The van der Waals surface area contributed by atoms with E-state index in [0.717, 1.165) is 11.1 Å². The predicted molar refractivity (Wildman–Crippen MR) is 47.8 cm³/mol. The van der Waals surface area contributed by atoms with Crippen molar-refractivity contribution in [3.05, 3.63) is 47.8 Å². The lowest BCUT2D eigenvalue weighted by Crippen LogP contribution is -1.70. The van der Waals surface area contributed by atoms with E-state index in [4.69, 9.17) is 0 Å². The summed E-state index contributed by atoms with van der Waals surface area (Å²) >= 11 is 0. The largest absolute Gasteiger partial charge is 0.206 e. The van der Waals surface area contributed by atoms with Gasteiger partial charge in [-0.25, -0.2) is 4.39 Å². The fraction of sp³-hybridized carbons (Fsp3) is 0.0909. The Labute approximate surface area is 71.0 Å². The normalized spacial score (nSPS) is 10.5. The lowest BCUT2D eigenvalue weighted by molar-refractivity contribution is 0.635. The first-order chi connectivity index (χ1) is 5.79. The number of fused-ring (bicyclic) bond motifs is 1. The summed E-state index contributed by atoms with van der Waals surface area (Å²) in [6, 6.07) is 11.0. The second-order valence-corrected chi connectivity index (χ2v) is 2.91. The Morgan fingerprint density at radius 3 is 2.42 bits per heavy atom. The summed E-state index contributed by atoms with van der Waals surface area (Å²) in [5, 5.41) is 0. The highest BCUT2D eigenvalue weighted by Gasteiger charge is 2.10. The van der Waals surface area contributed by atoms with Crippen LogP contribution in [0.2, 0.25) is 0 Å². The summed E-state index contributed by atoms with van der Waals surface area (Å²) in [6.07, 6.45) is 0. The molecule has 0 aromatic carbocycles. The Bertz CT molecular complexity index is 345. The van der Waals surface area contributed by atoms with Crippen molar-refractivity contribution < 1.29 is 4.39 Å². The van der Waals surface area contributed by atoms with E-state index in [9.17, 15) is 4.39 Å². The maximum Gasteiger partial charge on any atom is 0.131 e. The molecule has 12 heavy (non-hydrogen) atoms. The van der Waals surface area contributed by atoms with E-state index < -0.39 is 0 Å². The molecule has 0 N–H and O–H groups in total. The molecule has 0 nitrogen and oxygen atoms in total. The summed E-state index contributed by atoms with van der Waals surface area (Å²) in [5.74, 6) is -0.126. The molecular weight excluding hydrogens is 151 g/mol. The van der Waals surface area contributed by atoms with Crippen LogP contribution in [0.5, 0.6) is 0 Å². The fourth-order valence-corrected chi connectivity index (χ4v) is 1.44.